The first-order valence-electron chi connectivity index (χ1n) is 10.3. The molecule has 10 heteroatoms. The van der Waals surface area contributed by atoms with E-state index in [1.807, 2.05) is 11.0 Å². The number of pyridine rings is 2. The van der Waals surface area contributed by atoms with Crippen molar-refractivity contribution in [2.75, 3.05) is 23.3 Å². The van der Waals surface area contributed by atoms with Gasteiger partial charge in [0.2, 0.25) is 0 Å². The summed E-state index contributed by atoms with van der Waals surface area (Å²) in [7, 11) is 0. The lowest BCUT2D eigenvalue weighted by Gasteiger charge is -2.32. The second-order valence-electron chi connectivity index (χ2n) is 7.61. The number of ether oxygens (including phenoxy) is 1. The van der Waals surface area contributed by atoms with Gasteiger partial charge >= 0.3 is 6.36 Å². The number of amides is 1. The number of rotatable bonds is 5. The van der Waals surface area contributed by atoms with Gasteiger partial charge in [-0.3, -0.25) is 9.78 Å². The van der Waals surface area contributed by atoms with Crippen LogP contribution in [0.3, 0.4) is 0 Å². The third kappa shape index (κ3) is 5.78. The van der Waals surface area contributed by atoms with Gasteiger partial charge in [-0.05, 0) is 49.2 Å². The minimum Gasteiger partial charge on any atom is -0.406 e. The molecule has 0 saturated carbocycles. The van der Waals surface area contributed by atoms with Crippen LogP contribution in [-0.2, 0) is 0 Å². The molecule has 2 N–H and O–H groups in total. The maximum Gasteiger partial charge on any atom is 0.573 e. The number of hydrogen-bond acceptors (Lipinski definition) is 6. The van der Waals surface area contributed by atoms with Crippen LogP contribution in [0.15, 0.2) is 61.1 Å². The zero-order chi connectivity index (χ0) is 23.4. The van der Waals surface area contributed by atoms with E-state index in [0.717, 1.165) is 37.1 Å². The van der Waals surface area contributed by atoms with Crippen molar-refractivity contribution in [3.63, 3.8) is 0 Å². The fourth-order valence-electron chi connectivity index (χ4n) is 3.66. The Morgan fingerprint density at radius 3 is 2.64 bits per heavy atom. The molecule has 3 aromatic rings. The third-order valence-electron chi connectivity index (χ3n) is 5.14. The van der Waals surface area contributed by atoms with Crippen LogP contribution in [0.2, 0.25) is 0 Å². The average molecular weight is 458 g/mol. The lowest BCUT2D eigenvalue weighted by molar-refractivity contribution is -0.274. The van der Waals surface area contributed by atoms with E-state index in [-0.39, 0.29) is 11.3 Å². The minimum atomic E-state index is -4.79. The van der Waals surface area contributed by atoms with Gasteiger partial charge in [0, 0.05) is 48.5 Å². The van der Waals surface area contributed by atoms with Gasteiger partial charge in [0.25, 0.3) is 5.91 Å². The summed E-state index contributed by atoms with van der Waals surface area (Å²) < 4.78 is 40.8. The highest BCUT2D eigenvalue weighted by molar-refractivity contribution is 6.05. The molecule has 1 aliphatic rings. The molecule has 1 aromatic carbocycles. The molecule has 0 spiro atoms. The van der Waals surface area contributed by atoms with E-state index in [4.69, 9.17) is 0 Å². The number of aliphatic hydroxyl groups excluding tert-OH is 1. The van der Waals surface area contributed by atoms with Crippen molar-refractivity contribution < 1.29 is 27.8 Å². The maximum atomic E-state index is 12.8. The molecular formula is C23H21F3N4O3. The number of aromatic nitrogens is 2. The van der Waals surface area contributed by atoms with Gasteiger partial charge in [-0.25, -0.2) is 4.98 Å². The van der Waals surface area contributed by atoms with E-state index in [1.54, 1.807) is 24.5 Å². The van der Waals surface area contributed by atoms with Crippen LogP contribution in [-0.4, -0.2) is 46.5 Å². The smallest absolute Gasteiger partial charge is 0.406 e. The van der Waals surface area contributed by atoms with Gasteiger partial charge in [-0.2, -0.15) is 0 Å². The highest BCUT2D eigenvalue weighted by Crippen LogP contribution is 2.31. The number of nitrogens with zero attached hydrogens (tertiary/aromatic N) is 3. The second kappa shape index (κ2) is 9.45. The number of nitrogens with one attached hydrogen (secondary N) is 1. The number of alkyl halides is 3. The van der Waals surface area contributed by atoms with Crippen molar-refractivity contribution in [1.82, 2.24) is 9.97 Å². The number of halogens is 3. The number of β-amino-alcohol motifs (C(OH)–C–C–N with tert-alkyl or cyclic N) is 1. The number of hydrogen-bond donors (Lipinski definition) is 2. The van der Waals surface area contributed by atoms with E-state index in [1.165, 1.54) is 18.3 Å². The van der Waals surface area contributed by atoms with Crippen molar-refractivity contribution in [2.24, 2.45) is 0 Å². The van der Waals surface area contributed by atoms with Gasteiger partial charge in [0.1, 0.15) is 11.6 Å². The Morgan fingerprint density at radius 2 is 1.97 bits per heavy atom. The van der Waals surface area contributed by atoms with Gasteiger partial charge in [0.15, 0.2) is 0 Å². The highest BCUT2D eigenvalue weighted by Gasteiger charge is 2.31. The molecule has 1 atom stereocenters. The zero-order valence-corrected chi connectivity index (χ0v) is 17.4. The Kier molecular flexibility index (Phi) is 6.45. The molecule has 1 saturated heterocycles. The zero-order valence-electron chi connectivity index (χ0n) is 17.4. The fourth-order valence-corrected chi connectivity index (χ4v) is 3.66. The van der Waals surface area contributed by atoms with E-state index in [0.29, 0.717) is 23.6 Å². The maximum absolute atomic E-state index is 12.8. The lowest BCUT2D eigenvalue weighted by atomic mass is 10.0. The number of carbonyl (C=O) groups is 1. The summed E-state index contributed by atoms with van der Waals surface area (Å²) >= 11 is 0. The predicted octanol–water partition coefficient (Wildman–Crippen LogP) is 4.26. The second-order valence-corrected chi connectivity index (χ2v) is 7.61. The Balaban J connectivity index is 1.58. The molecule has 1 amide bonds. The quantitative estimate of drug-likeness (QED) is 0.594. The fraction of sp³-hybridized carbons (Fsp3) is 0.261. The lowest BCUT2D eigenvalue weighted by Crippen LogP contribution is -2.39. The van der Waals surface area contributed by atoms with Crippen LogP contribution >= 0.6 is 0 Å². The molecule has 0 aliphatic carbocycles. The van der Waals surface area contributed by atoms with Crippen LogP contribution in [0.4, 0.5) is 24.7 Å². The van der Waals surface area contributed by atoms with Gasteiger partial charge < -0.3 is 20.1 Å². The molecule has 0 bridgehead atoms. The normalized spacial score (nSPS) is 16.4. The molecule has 1 fully saturated rings. The van der Waals surface area contributed by atoms with Gasteiger partial charge in [0.05, 0.1) is 11.7 Å². The largest absolute Gasteiger partial charge is 0.573 e. The van der Waals surface area contributed by atoms with Crippen LogP contribution in [0.1, 0.15) is 23.2 Å². The number of benzene rings is 1. The predicted molar refractivity (Wildman–Crippen MR) is 116 cm³/mol. The molecule has 172 valence electrons. The average Bonchev–Trinajstić information content (AvgIpc) is 2.79. The molecule has 0 unspecified atom stereocenters. The summed E-state index contributed by atoms with van der Waals surface area (Å²) in [5.74, 6) is -0.205. The van der Waals surface area contributed by atoms with Crippen molar-refractivity contribution >= 4 is 17.4 Å². The molecule has 3 heterocycles. The van der Waals surface area contributed by atoms with Crippen LogP contribution in [0.25, 0.3) is 11.1 Å². The molecule has 7 nitrogen and oxygen atoms in total. The minimum absolute atomic E-state index is 0.269. The number of carbonyl (C=O) groups excluding carboxylic acids is 1. The van der Waals surface area contributed by atoms with Crippen LogP contribution < -0.4 is 15.0 Å². The Hall–Kier alpha value is -3.66. The molecular weight excluding hydrogens is 437 g/mol. The molecule has 1 aliphatic heterocycles. The molecule has 2 aromatic heterocycles. The number of aliphatic hydroxyl groups is 1. The first kappa shape index (κ1) is 22.5. The summed E-state index contributed by atoms with van der Waals surface area (Å²) in [6, 6.07) is 10.2. The van der Waals surface area contributed by atoms with Crippen molar-refractivity contribution in [1.29, 1.82) is 0 Å². The monoisotopic (exact) mass is 458 g/mol. The Morgan fingerprint density at radius 1 is 1.18 bits per heavy atom. The molecule has 0 radical (unpaired) electrons. The van der Waals surface area contributed by atoms with Crippen LogP contribution in [0, 0.1) is 0 Å². The summed E-state index contributed by atoms with van der Waals surface area (Å²) in [5.41, 5.74) is 2.04. The summed E-state index contributed by atoms with van der Waals surface area (Å²) in [4.78, 5) is 23.5. The van der Waals surface area contributed by atoms with E-state index in [9.17, 15) is 23.1 Å². The van der Waals surface area contributed by atoms with Crippen molar-refractivity contribution in [2.45, 2.75) is 25.3 Å². The summed E-state index contributed by atoms with van der Waals surface area (Å²) in [5, 5.41) is 12.7. The number of piperidine rings is 1. The van der Waals surface area contributed by atoms with E-state index in [2.05, 4.69) is 20.0 Å². The standard InChI is InChI=1S/C23H21F3N4O3/c24-23(25,26)33-19-7-5-17(6-8-19)29-22(32)16-11-20(15-3-1-9-27-12-15)21(28-13-16)30-10-2-4-18(31)14-30/h1,3,5-9,11-13,18,31H,2,4,10,14H2,(H,29,32)/t18-/m0/s1. The summed E-state index contributed by atoms with van der Waals surface area (Å²) in [6.45, 7) is 1.17. The van der Waals surface area contributed by atoms with Crippen molar-refractivity contribution in [3.8, 4) is 16.9 Å². The topological polar surface area (TPSA) is 87.6 Å². The first-order valence-corrected chi connectivity index (χ1v) is 10.3. The highest BCUT2D eigenvalue weighted by atomic mass is 19.4. The SMILES string of the molecule is O=C(Nc1ccc(OC(F)(F)F)cc1)c1cnc(N2CCC[C@H](O)C2)c(-c2cccnc2)c1. The van der Waals surface area contributed by atoms with E-state index < -0.39 is 18.4 Å². The van der Waals surface area contributed by atoms with Gasteiger partial charge in [-0.1, -0.05) is 6.07 Å². The van der Waals surface area contributed by atoms with Gasteiger partial charge in [-0.15, -0.1) is 13.2 Å². The number of anilines is 2. The summed E-state index contributed by atoms with van der Waals surface area (Å²) in [6.07, 6.45) is 1.07. The molecule has 33 heavy (non-hydrogen) atoms. The van der Waals surface area contributed by atoms with Crippen molar-refractivity contribution in [3.05, 3.63) is 66.6 Å². The van der Waals surface area contributed by atoms with E-state index >= 15 is 0 Å². The third-order valence-corrected chi connectivity index (χ3v) is 5.14. The Labute approximate surface area is 187 Å². The van der Waals surface area contributed by atoms with Crippen LogP contribution in [0.5, 0.6) is 5.75 Å². The first-order chi connectivity index (χ1) is 15.8. The molecule has 4 rings (SSSR count). The Bertz CT molecular complexity index is 1110.